The van der Waals surface area contributed by atoms with Gasteiger partial charge in [-0.15, -0.1) is 0 Å². The second-order valence-electron chi connectivity index (χ2n) is 17.5. The van der Waals surface area contributed by atoms with Gasteiger partial charge in [0.2, 0.25) is 11.3 Å². The molecule has 326 valence electrons. The first-order valence-electron chi connectivity index (χ1n) is 22.7. The van der Waals surface area contributed by atoms with Crippen molar-refractivity contribution < 1.29 is 18.9 Å². The van der Waals surface area contributed by atoms with Crippen molar-refractivity contribution in [1.82, 2.24) is 0 Å². The highest BCUT2D eigenvalue weighted by Gasteiger charge is 2.64. The maximum Gasteiger partial charge on any atom is 0.227 e. The highest BCUT2D eigenvalue weighted by atomic mass is 16.5. The van der Waals surface area contributed by atoms with Crippen LogP contribution in [0.4, 0.5) is 0 Å². The van der Waals surface area contributed by atoms with Crippen molar-refractivity contribution in [2.24, 2.45) is 20.0 Å². The molecule has 0 saturated carbocycles. The van der Waals surface area contributed by atoms with Crippen LogP contribution >= 0.6 is 0 Å². The van der Waals surface area contributed by atoms with Crippen LogP contribution in [-0.4, -0.2) is 51.3 Å². The van der Waals surface area contributed by atoms with Crippen LogP contribution in [0.5, 0.6) is 23.0 Å². The van der Waals surface area contributed by atoms with Crippen molar-refractivity contribution in [3.8, 4) is 34.1 Å². The van der Waals surface area contributed by atoms with Crippen LogP contribution in [0.25, 0.3) is 54.2 Å². The van der Waals surface area contributed by atoms with Gasteiger partial charge < -0.3 is 18.9 Å². The SMILES string of the molecule is COc1ccc(C2=NC3(N=C2c2ccc(OC)cc2)c2ccc4ccccc4c2-c2c(cc4ccc5cccc6ccc2c4c56)C32N=C(c3ccc(OC)cc3)C(c3ccc(OC)cc3)=N2)cc1. The predicted octanol–water partition coefficient (Wildman–Crippen LogP) is 12.7. The van der Waals surface area contributed by atoms with E-state index in [-0.39, 0.29) is 0 Å². The van der Waals surface area contributed by atoms with Crippen LogP contribution in [0.3, 0.4) is 0 Å². The van der Waals surface area contributed by atoms with Gasteiger partial charge >= 0.3 is 0 Å². The van der Waals surface area contributed by atoms with Crippen molar-refractivity contribution in [2.75, 3.05) is 28.4 Å². The van der Waals surface area contributed by atoms with Gasteiger partial charge in [0.1, 0.15) is 23.0 Å². The number of ether oxygens (including phenoxy) is 4. The van der Waals surface area contributed by atoms with Crippen molar-refractivity contribution in [2.45, 2.75) is 11.3 Å². The van der Waals surface area contributed by atoms with E-state index in [1.807, 2.05) is 48.5 Å². The molecule has 0 fully saturated rings. The molecule has 0 amide bonds. The highest BCUT2D eigenvalue weighted by molar-refractivity contribution is 6.56. The fourth-order valence-corrected chi connectivity index (χ4v) is 10.8. The third-order valence-electron chi connectivity index (χ3n) is 14.1. The second kappa shape index (κ2) is 15.0. The van der Waals surface area contributed by atoms with Crippen LogP contribution in [0.1, 0.15) is 33.4 Å². The van der Waals surface area contributed by atoms with Crippen molar-refractivity contribution >= 4 is 65.9 Å². The molecular weight excluding hydrogens is 841 g/mol. The zero-order chi connectivity index (χ0) is 45.7. The van der Waals surface area contributed by atoms with E-state index in [2.05, 4.69) is 133 Å². The van der Waals surface area contributed by atoms with Crippen molar-refractivity contribution in [3.05, 3.63) is 215 Å². The lowest BCUT2D eigenvalue weighted by Crippen LogP contribution is -2.46. The lowest BCUT2D eigenvalue weighted by Gasteiger charge is -2.44. The molecule has 2 spiro atoms. The molecule has 68 heavy (non-hydrogen) atoms. The lowest BCUT2D eigenvalue weighted by molar-refractivity contribution is 0.254. The normalized spacial score (nSPS) is 15.4. The summed E-state index contributed by atoms with van der Waals surface area (Å²) in [6.45, 7) is 0. The van der Waals surface area contributed by atoms with Crippen LogP contribution < -0.4 is 18.9 Å². The third kappa shape index (κ3) is 5.61. The summed E-state index contributed by atoms with van der Waals surface area (Å²) >= 11 is 0. The highest BCUT2D eigenvalue weighted by Crippen LogP contribution is 2.64. The number of benzene rings is 10. The van der Waals surface area contributed by atoms with E-state index in [1.54, 1.807) is 28.4 Å². The van der Waals surface area contributed by atoms with Gasteiger partial charge in [0.05, 0.1) is 51.3 Å². The van der Waals surface area contributed by atoms with Gasteiger partial charge in [-0.1, -0.05) is 78.9 Å². The fourth-order valence-electron chi connectivity index (χ4n) is 10.8. The zero-order valence-corrected chi connectivity index (χ0v) is 37.7. The Kier molecular flexibility index (Phi) is 8.73. The average Bonchev–Trinajstić information content (AvgIpc) is 4.02. The molecule has 8 nitrogen and oxygen atoms in total. The fraction of sp³-hybridized carbons (Fsp3) is 0.100. The molecule has 0 radical (unpaired) electrons. The molecule has 3 aliphatic rings. The van der Waals surface area contributed by atoms with Gasteiger partial charge in [0.25, 0.3) is 0 Å². The second-order valence-corrected chi connectivity index (χ2v) is 17.5. The molecule has 8 heteroatoms. The first-order valence-corrected chi connectivity index (χ1v) is 22.7. The molecule has 2 heterocycles. The lowest BCUT2D eigenvalue weighted by atomic mass is 9.68. The largest absolute Gasteiger partial charge is 0.497 e. The molecule has 0 saturated heterocycles. The summed E-state index contributed by atoms with van der Waals surface area (Å²) in [6.07, 6.45) is 0. The minimum Gasteiger partial charge on any atom is -0.497 e. The van der Waals surface area contributed by atoms with Gasteiger partial charge in [-0.2, -0.15) is 0 Å². The zero-order valence-electron chi connectivity index (χ0n) is 37.7. The Hall–Kier alpha value is -8.62. The number of hydrogen-bond donors (Lipinski definition) is 0. The Morgan fingerprint density at radius 2 is 0.691 bits per heavy atom. The minimum atomic E-state index is -1.49. The van der Waals surface area contributed by atoms with Gasteiger partial charge in [0, 0.05) is 33.4 Å². The summed E-state index contributed by atoms with van der Waals surface area (Å²) < 4.78 is 22.7. The third-order valence-corrected chi connectivity index (χ3v) is 14.1. The Balaban J connectivity index is 1.24. The van der Waals surface area contributed by atoms with Gasteiger partial charge in [-0.05, 0) is 157 Å². The number of fused-ring (bicyclic) bond motifs is 9. The first kappa shape index (κ1) is 39.7. The molecule has 0 N–H and O–H groups in total. The number of hydrogen-bond acceptors (Lipinski definition) is 8. The Morgan fingerprint density at radius 1 is 0.309 bits per heavy atom. The quantitative estimate of drug-likeness (QED) is 0.142. The van der Waals surface area contributed by atoms with Crippen molar-refractivity contribution in [3.63, 3.8) is 0 Å². The van der Waals surface area contributed by atoms with E-state index in [1.165, 1.54) is 21.5 Å². The molecule has 10 aromatic carbocycles. The molecular formula is C60H42N4O4. The Bertz CT molecular complexity index is 3670. The molecule has 0 aromatic heterocycles. The van der Waals surface area contributed by atoms with Crippen LogP contribution in [0, 0.1) is 0 Å². The summed E-state index contributed by atoms with van der Waals surface area (Å²) in [5.74, 6) is 2.97. The molecule has 1 aliphatic carbocycles. The maximum absolute atomic E-state index is 6.09. The summed E-state index contributed by atoms with van der Waals surface area (Å²) in [5, 5.41) is 9.25. The smallest absolute Gasteiger partial charge is 0.227 e. The van der Waals surface area contributed by atoms with Crippen LogP contribution in [0.15, 0.2) is 202 Å². The number of nitrogens with zero attached hydrogens (tertiary/aromatic N) is 4. The van der Waals surface area contributed by atoms with E-state index in [9.17, 15) is 0 Å². The van der Waals surface area contributed by atoms with E-state index in [4.69, 9.17) is 38.9 Å². The summed E-state index contributed by atoms with van der Waals surface area (Å²) in [5.41, 5.74) is 7.38. The minimum absolute atomic E-state index is 0.715. The van der Waals surface area contributed by atoms with Gasteiger partial charge in [-0.3, -0.25) is 0 Å². The number of methoxy groups -OCH3 is 4. The van der Waals surface area contributed by atoms with E-state index in [0.29, 0.717) is 22.8 Å². The summed E-state index contributed by atoms with van der Waals surface area (Å²) in [6, 6.07) is 63.2. The maximum atomic E-state index is 6.09. The molecule has 10 aromatic rings. The van der Waals surface area contributed by atoms with Crippen LogP contribution in [-0.2, 0) is 11.3 Å². The molecule has 0 atom stereocenters. The average molecular weight is 883 g/mol. The van der Waals surface area contributed by atoms with Crippen molar-refractivity contribution in [1.29, 1.82) is 0 Å². The molecule has 2 aliphatic heterocycles. The first-order chi connectivity index (χ1) is 33.4. The van der Waals surface area contributed by atoms with E-state index < -0.39 is 11.3 Å². The van der Waals surface area contributed by atoms with Gasteiger partial charge in [-0.25, -0.2) is 20.0 Å². The topological polar surface area (TPSA) is 86.4 Å². The molecule has 0 bridgehead atoms. The number of aliphatic imine (C=N–C) groups is 4. The molecule has 0 unspecified atom stereocenters. The Labute approximate surface area is 392 Å². The predicted molar refractivity (Wildman–Crippen MR) is 275 cm³/mol. The van der Waals surface area contributed by atoms with Gasteiger partial charge in [0.15, 0.2) is 0 Å². The standard InChI is InChI=1S/C60H42N4O4/c1-65-43-24-14-38(15-25-43)55-56(39-16-26-44(66-2)27-17-39)62-59(61-55)49-33-23-35-8-5-6-11-47(35)53(49)54-48-32-22-37-10-7-9-36-12-13-42(52(48)51(36)37)34-50(54)60(59)63-57(40-18-28-45(67-3)29-19-40)58(64-60)41-20-30-46(68-4)31-21-41/h5-34H,1-4H3. The summed E-state index contributed by atoms with van der Waals surface area (Å²) in [7, 11) is 6.72. The summed E-state index contributed by atoms with van der Waals surface area (Å²) in [4.78, 5) is 24.3. The Morgan fingerprint density at radius 3 is 1.16 bits per heavy atom. The molecule has 13 rings (SSSR count). The number of rotatable bonds is 8. The monoisotopic (exact) mass is 882 g/mol. The van der Waals surface area contributed by atoms with E-state index >= 15 is 0 Å². The van der Waals surface area contributed by atoms with Crippen LogP contribution in [0.2, 0.25) is 0 Å². The van der Waals surface area contributed by atoms with E-state index in [0.717, 1.165) is 89.1 Å².